The lowest BCUT2D eigenvalue weighted by Crippen LogP contribution is -2.31. The highest BCUT2D eigenvalue weighted by Gasteiger charge is 2.11. The third-order valence-electron chi connectivity index (χ3n) is 1.71. The first-order valence-electron chi connectivity index (χ1n) is 5.59. The van der Waals surface area contributed by atoms with Crippen molar-refractivity contribution in [2.24, 2.45) is 0 Å². The molecule has 0 aromatic heterocycles. The van der Waals surface area contributed by atoms with Crippen molar-refractivity contribution in [2.75, 3.05) is 13.2 Å². The van der Waals surface area contributed by atoms with Gasteiger partial charge in [-0.05, 0) is 6.42 Å². The number of carbonyl (C=O) groups is 1. The molecule has 0 bridgehead atoms. The predicted molar refractivity (Wildman–Crippen MR) is 62.2 cm³/mol. The molecular formula is C12H21NO2. The maximum Gasteiger partial charge on any atom is 0.249 e. The molecule has 0 fully saturated rings. The standard InChI is InChI=1S/C10H15NO2.C2H6/c1-2-8-11-10(12)7-5-3-4-6-9-13-11;1-2/h3-6H,2,7-9H2,1H3;1-2H3/b5-3-,6-4-;. The average molecular weight is 211 g/mol. The van der Waals surface area contributed by atoms with Gasteiger partial charge in [0.15, 0.2) is 0 Å². The van der Waals surface area contributed by atoms with Gasteiger partial charge in [-0.3, -0.25) is 9.63 Å². The summed E-state index contributed by atoms with van der Waals surface area (Å²) < 4.78 is 0. The first-order chi connectivity index (χ1) is 7.34. The van der Waals surface area contributed by atoms with Gasteiger partial charge in [-0.1, -0.05) is 45.1 Å². The van der Waals surface area contributed by atoms with E-state index in [0.717, 1.165) is 6.42 Å². The van der Waals surface area contributed by atoms with Gasteiger partial charge in [0, 0.05) is 13.0 Å². The molecule has 0 atom stereocenters. The van der Waals surface area contributed by atoms with E-state index in [1.54, 1.807) is 0 Å². The Morgan fingerprint density at radius 3 is 2.67 bits per heavy atom. The summed E-state index contributed by atoms with van der Waals surface area (Å²) in [6.07, 6.45) is 8.83. The molecule has 0 aromatic rings. The van der Waals surface area contributed by atoms with E-state index in [4.69, 9.17) is 4.84 Å². The Bertz CT molecular complexity index is 222. The molecule has 1 aliphatic rings. The summed E-state index contributed by atoms with van der Waals surface area (Å²) in [6, 6.07) is 0. The number of hydroxylamine groups is 2. The Morgan fingerprint density at radius 2 is 2.00 bits per heavy atom. The fourth-order valence-electron chi connectivity index (χ4n) is 1.08. The van der Waals surface area contributed by atoms with Crippen LogP contribution in [0.15, 0.2) is 24.3 Å². The zero-order valence-corrected chi connectivity index (χ0v) is 9.90. The molecule has 3 nitrogen and oxygen atoms in total. The van der Waals surface area contributed by atoms with Gasteiger partial charge in [0.25, 0.3) is 0 Å². The molecule has 86 valence electrons. The normalized spacial score (nSPS) is 20.5. The van der Waals surface area contributed by atoms with Crippen LogP contribution in [0.1, 0.15) is 33.6 Å². The van der Waals surface area contributed by atoms with Crippen molar-refractivity contribution in [2.45, 2.75) is 33.6 Å². The number of rotatable bonds is 2. The minimum absolute atomic E-state index is 0.0294. The van der Waals surface area contributed by atoms with E-state index in [0.29, 0.717) is 19.6 Å². The van der Waals surface area contributed by atoms with Gasteiger partial charge in [0.2, 0.25) is 5.91 Å². The smallest absolute Gasteiger partial charge is 0.249 e. The first kappa shape index (κ1) is 13.9. The summed E-state index contributed by atoms with van der Waals surface area (Å²) in [4.78, 5) is 16.7. The largest absolute Gasteiger partial charge is 0.272 e. The summed E-state index contributed by atoms with van der Waals surface area (Å²) in [7, 11) is 0. The monoisotopic (exact) mass is 211 g/mol. The Kier molecular flexibility index (Phi) is 8.78. The van der Waals surface area contributed by atoms with Crippen molar-refractivity contribution in [3.8, 4) is 0 Å². The molecule has 0 N–H and O–H groups in total. The molecule has 1 amide bonds. The number of nitrogens with zero attached hydrogens (tertiary/aromatic N) is 1. The molecule has 1 aliphatic heterocycles. The highest BCUT2D eigenvalue weighted by atomic mass is 16.7. The number of amides is 1. The van der Waals surface area contributed by atoms with Gasteiger partial charge in [0.05, 0.1) is 6.61 Å². The fraction of sp³-hybridized carbons (Fsp3) is 0.583. The second-order valence-corrected chi connectivity index (χ2v) is 2.85. The predicted octanol–water partition coefficient (Wildman–Crippen LogP) is 2.70. The minimum atomic E-state index is 0.0294. The summed E-state index contributed by atoms with van der Waals surface area (Å²) in [5.74, 6) is 0.0294. The van der Waals surface area contributed by atoms with Gasteiger partial charge in [-0.25, -0.2) is 5.06 Å². The number of carbonyl (C=O) groups excluding carboxylic acids is 1. The third-order valence-corrected chi connectivity index (χ3v) is 1.71. The van der Waals surface area contributed by atoms with E-state index in [2.05, 4.69) is 0 Å². The topological polar surface area (TPSA) is 29.5 Å². The Balaban J connectivity index is 0.000000921. The van der Waals surface area contributed by atoms with Gasteiger partial charge >= 0.3 is 0 Å². The van der Waals surface area contributed by atoms with Crippen LogP contribution in [0.4, 0.5) is 0 Å². The fourth-order valence-corrected chi connectivity index (χ4v) is 1.08. The summed E-state index contributed by atoms with van der Waals surface area (Å²) in [6.45, 7) is 7.16. The molecule has 0 spiro atoms. The lowest BCUT2D eigenvalue weighted by molar-refractivity contribution is -0.181. The lowest BCUT2D eigenvalue weighted by Gasteiger charge is -2.19. The van der Waals surface area contributed by atoms with E-state index in [1.807, 2.05) is 45.1 Å². The molecule has 0 saturated carbocycles. The molecule has 3 heteroatoms. The van der Waals surface area contributed by atoms with Crippen molar-refractivity contribution in [3.63, 3.8) is 0 Å². The van der Waals surface area contributed by atoms with E-state index in [-0.39, 0.29) is 5.91 Å². The molecule has 1 heterocycles. The highest BCUT2D eigenvalue weighted by molar-refractivity contribution is 5.76. The van der Waals surface area contributed by atoms with Crippen molar-refractivity contribution in [3.05, 3.63) is 24.3 Å². The quantitative estimate of drug-likeness (QED) is 0.703. The number of hydrogen-bond acceptors (Lipinski definition) is 2. The molecule has 15 heavy (non-hydrogen) atoms. The average Bonchev–Trinajstić information content (AvgIpc) is 2.37. The molecule has 0 aliphatic carbocycles. The SMILES string of the molecule is CC.CCCN1OC/C=C\C=C/CC1=O. The minimum Gasteiger partial charge on any atom is -0.272 e. The number of allylic oxidation sites excluding steroid dienone is 2. The van der Waals surface area contributed by atoms with Crippen molar-refractivity contribution in [1.29, 1.82) is 0 Å². The Labute approximate surface area is 92.4 Å². The zero-order valence-electron chi connectivity index (χ0n) is 9.90. The number of hydrogen-bond donors (Lipinski definition) is 0. The van der Waals surface area contributed by atoms with Crippen LogP contribution in [0.2, 0.25) is 0 Å². The van der Waals surface area contributed by atoms with Crippen LogP contribution in [0.3, 0.4) is 0 Å². The lowest BCUT2D eigenvalue weighted by atomic mass is 10.3. The van der Waals surface area contributed by atoms with E-state index >= 15 is 0 Å². The molecule has 0 aromatic carbocycles. The van der Waals surface area contributed by atoms with Gasteiger partial charge in [-0.15, -0.1) is 0 Å². The van der Waals surface area contributed by atoms with Gasteiger partial charge < -0.3 is 0 Å². The summed E-state index contributed by atoms with van der Waals surface area (Å²) >= 11 is 0. The maximum absolute atomic E-state index is 11.4. The van der Waals surface area contributed by atoms with E-state index in [1.165, 1.54) is 5.06 Å². The maximum atomic E-state index is 11.4. The van der Waals surface area contributed by atoms with E-state index in [9.17, 15) is 4.79 Å². The summed E-state index contributed by atoms with van der Waals surface area (Å²) in [5, 5.41) is 1.44. The van der Waals surface area contributed by atoms with E-state index < -0.39 is 0 Å². The molecule has 1 rings (SSSR count). The van der Waals surface area contributed by atoms with Crippen LogP contribution in [0, 0.1) is 0 Å². The van der Waals surface area contributed by atoms with Crippen molar-refractivity contribution in [1.82, 2.24) is 5.06 Å². The van der Waals surface area contributed by atoms with Crippen LogP contribution in [-0.2, 0) is 9.63 Å². The first-order valence-corrected chi connectivity index (χ1v) is 5.59. The second kappa shape index (κ2) is 9.46. The summed E-state index contributed by atoms with van der Waals surface area (Å²) in [5.41, 5.74) is 0. The Morgan fingerprint density at radius 1 is 1.33 bits per heavy atom. The van der Waals surface area contributed by atoms with Crippen LogP contribution in [0.25, 0.3) is 0 Å². The second-order valence-electron chi connectivity index (χ2n) is 2.85. The molecule has 0 radical (unpaired) electrons. The highest BCUT2D eigenvalue weighted by Crippen LogP contribution is 2.01. The van der Waals surface area contributed by atoms with Crippen LogP contribution >= 0.6 is 0 Å². The third kappa shape index (κ3) is 6.07. The van der Waals surface area contributed by atoms with Crippen LogP contribution < -0.4 is 0 Å². The molecule has 0 saturated heterocycles. The van der Waals surface area contributed by atoms with Crippen molar-refractivity contribution < 1.29 is 9.63 Å². The van der Waals surface area contributed by atoms with Gasteiger partial charge in [0.1, 0.15) is 0 Å². The van der Waals surface area contributed by atoms with Gasteiger partial charge in [-0.2, -0.15) is 0 Å². The van der Waals surface area contributed by atoms with Crippen LogP contribution in [-0.4, -0.2) is 24.1 Å². The van der Waals surface area contributed by atoms with Crippen molar-refractivity contribution >= 4 is 5.91 Å². The van der Waals surface area contributed by atoms with Crippen LogP contribution in [0.5, 0.6) is 0 Å². The molecular weight excluding hydrogens is 190 g/mol. The Hall–Kier alpha value is -1.09. The zero-order chi connectivity index (χ0) is 11.5. The molecule has 0 unspecified atom stereocenters.